The van der Waals surface area contributed by atoms with Gasteiger partial charge in [-0.2, -0.15) is 4.98 Å². The van der Waals surface area contributed by atoms with E-state index in [1.807, 2.05) is 54.6 Å². The molecular formula is C21H17N5O2. The van der Waals surface area contributed by atoms with Gasteiger partial charge in [0.05, 0.1) is 11.2 Å². The fourth-order valence-corrected chi connectivity index (χ4v) is 3.08. The highest BCUT2D eigenvalue weighted by molar-refractivity contribution is 5.91. The minimum absolute atomic E-state index is 0.481. The van der Waals surface area contributed by atoms with E-state index >= 15 is 0 Å². The Labute approximate surface area is 161 Å². The van der Waals surface area contributed by atoms with Crippen LogP contribution in [0.25, 0.3) is 10.9 Å². The zero-order valence-electron chi connectivity index (χ0n) is 14.9. The molecule has 7 heteroatoms. The molecular weight excluding hydrogens is 354 g/mol. The molecule has 0 atom stereocenters. The van der Waals surface area contributed by atoms with E-state index in [0.29, 0.717) is 30.7 Å². The Morgan fingerprint density at radius 1 is 0.786 bits per heavy atom. The molecule has 0 amide bonds. The van der Waals surface area contributed by atoms with E-state index in [4.69, 9.17) is 9.47 Å². The van der Waals surface area contributed by atoms with Gasteiger partial charge < -0.3 is 20.1 Å². The van der Waals surface area contributed by atoms with Crippen LogP contribution in [0.3, 0.4) is 0 Å². The number of rotatable bonds is 4. The molecule has 0 bridgehead atoms. The Hall–Kier alpha value is -3.87. The monoisotopic (exact) mass is 371 g/mol. The normalized spacial score (nSPS) is 12.6. The SMILES string of the molecule is c1cnc2c(Nc3ccnc(Nc4ccc5c(c4)OCCO5)n3)cccc2c1. The summed E-state index contributed by atoms with van der Waals surface area (Å²) in [6, 6.07) is 17.4. The number of ether oxygens (including phenoxy) is 2. The Morgan fingerprint density at radius 2 is 1.68 bits per heavy atom. The number of pyridine rings is 1. The lowest BCUT2D eigenvalue weighted by atomic mass is 10.2. The second-order valence-corrected chi connectivity index (χ2v) is 6.25. The molecule has 0 unspecified atom stereocenters. The first-order valence-electron chi connectivity index (χ1n) is 8.96. The summed E-state index contributed by atoms with van der Waals surface area (Å²) < 4.78 is 11.2. The van der Waals surface area contributed by atoms with Gasteiger partial charge >= 0.3 is 0 Å². The van der Waals surface area contributed by atoms with Crippen molar-refractivity contribution in [1.82, 2.24) is 15.0 Å². The summed E-state index contributed by atoms with van der Waals surface area (Å²) in [4.78, 5) is 13.3. The lowest BCUT2D eigenvalue weighted by molar-refractivity contribution is 0.171. The van der Waals surface area contributed by atoms with E-state index in [1.54, 1.807) is 12.4 Å². The van der Waals surface area contributed by atoms with E-state index in [1.165, 1.54) is 0 Å². The number of nitrogens with one attached hydrogen (secondary N) is 2. The average Bonchev–Trinajstić information content (AvgIpc) is 2.74. The molecule has 3 heterocycles. The molecule has 0 aliphatic carbocycles. The van der Waals surface area contributed by atoms with Crippen molar-refractivity contribution < 1.29 is 9.47 Å². The maximum atomic E-state index is 5.62. The molecule has 1 aliphatic heterocycles. The standard InChI is InChI=1S/C21H17N5O2/c1-3-14-4-2-9-22-20(14)16(5-1)25-19-8-10-23-21(26-19)24-15-6-7-17-18(13-15)28-12-11-27-17/h1-10,13H,11-12H2,(H2,23,24,25,26). The highest BCUT2D eigenvalue weighted by Crippen LogP contribution is 2.33. The first-order valence-corrected chi connectivity index (χ1v) is 8.96. The number of anilines is 4. The third kappa shape index (κ3) is 3.25. The van der Waals surface area contributed by atoms with Crippen LogP contribution in [0.2, 0.25) is 0 Å². The molecule has 0 saturated carbocycles. The van der Waals surface area contributed by atoms with Gasteiger partial charge in [-0.3, -0.25) is 4.98 Å². The highest BCUT2D eigenvalue weighted by atomic mass is 16.6. The predicted octanol–water partition coefficient (Wildman–Crippen LogP) is 4.28. The van der Waals surface area contributed by atoms with Crippen molar-refractivity contribution in [2.75, 3.05) is 23.8 Å². The van der Waals surface area contributed by atoms with Gasteiger partial charge in [0.25, 0.3) is 0 Å². The largest absolute Gasteiger partial charge is 0.486 e. The number of hydrogen-bond donors (Lipinski definition) is 2. The minimum atomic E-state index is 0.481. The number of aromatic nitrogens is 3. The summed E-state index contributed by atoms with van der Waals surface area (Å²) in [5.74, 6) is 2.62. The van der Waals surface area contributed by atoms with Crippen molar-refractivity contribution in [3.63, 3.8) is 0 Å². The number of nitrogens with zero attached hydrogens (tertiary/aromatic N) is 3. The van der Waals surface area contributed by atoms with Crippen molar-refractivity contribution in [2.45, 2.75) is 0 Å². The van der Waals surface area contributed by atoms with Gasteiger partial charge in [-0.25, -0.2) is 4.98 Å². The van der Waals surface area contributed by atoms with Gasteiger partial charge in [-0.05, 0) is 30.3 Å². The molecule has 0 radical (unpaired) electrons. The van der Waals surface area contributed by atoms with Crippen LogP contribution in [-0.2, 0) is 0 Å². The van der Waals surface area contributed by atoms with E-state index in [2.05, 4.69) is 25.6 Å². The molecule has 2 aromatic heterocycles. The van der Waals surface area contributed by atoms with Gasteiger partial charge in [0, 0.05) is 29.5 Å². The number of benzene rings is 2. The van der Waals surface area contributed by atoms with Crippen molar-refractivity contribution in [1.29, 1.82) is 0 Å². The van der Waals surface area contributed by atoms with E-state index in [0.717, 1.165) is 28.0 Å². The third-order valence-electron chi connectivity index (χ3n) is 4.35. The topological polar surface area (TPSA) is 81.2 Å². The molecule has 0 spiro atoms. The molecule has 4 aromatic rings. The fraction of sp³-hybridized carbons (Fsp3) is 0.0952. The van der Waals surface area contributed by atoms with Crippen molar-refractivity contribution >= 4 is 34.0 Å². The molecule has 28 heavy (non-hydrogen) atoms. The van der Waals surface area contributed by atoms with E-state index < -0.39 is 0 Å². The van der Waals surface area contributed by atoms with Gasteiger partial charge in [0.15, 0.2) is 11.5 Å². The molecule has 1 aliphatic rings. The average molecular weight is 371 g/mol. The van der Waals surface area contributed by atoms with Gasteiger partial charge in [-0.15, -0.1) is 0 Å². The summed E-state index contributed by atoms with van der Waals surface area (Å²) in [7, 11) is 0. The van der Waals surface area contributed by atoms with Crippen molar-refractivity contribution in [3.05, 3.63) is 67.0 Å². The number of para-hydroxylation sites is 1. The zero-order valence-corrected chi connectivity index (χ0v) is 14.9. The number of fused-ring (bicyclic) bond motifs is 2. The maximum absolute atomic E-state index is 5.62. The molecule has 7 nitrogen and oxygen atoms in total. The second kappa shape index (κ2) is 7.03. The van der Waals surface area contributed by atoms with Crippen molar-refractivity contribution in [2.24, 2.45) is 0 Å². The Balaban J connectivity index is 1.39. The van der Waals surface area contributed by atoms with E-state index in [-0.39, 0.29) is 0 Å². The van der Waals surface area contributed by atoms with Crippen LogP contribution in [0.4, 0.5) is 23.1 Å². The molecule has 2 aromatic carbocycles. The molecule has 2 N–H and O–H groups in total. The van der Waals surface area contributed by atoms with Crippen LogP contribution < -0.4 is 20.1 Å². The quantitative estimate of drug-likeness (QED) is 0.554. The Bertz CT molecular complexity index is 1140. The first kappa shape index (κ1) is 16.3. The minimum Gasteiger partial charge on any atom is -0.486 e. The summed E-state index contributed by atoms with van der Waals surface area (Å²) in [6.45, 7) is 1.12. The fourth-order valence-electron chi connectivity index (χ4n) is 3.08. The summed E-state index contributed by atoms with van der Waals surface area (Å²) in [5.41, 5.74) is 2.61. The summed E-state index contributed by atoms with van der Waals surface area (Å²) in [6.07, 6.45) is 3.48. The van der Waals surface area contributed by atoms with Crippen LogP contribution >= 0.6 is 0 Å². The Morgan fingerprint density at radius 3 is 2.64 bits per heavy atom. The highest BCUT2D eigenvalue weighted by Gasteiger charge is 2.12. The lowest BCUT2D eigenvalue weighted by Crippen LogP contribution is -2.15. The molecule has 0 fully saturated rings. The third-order valence-corrected chi connectivity index (χ3v) is 4.35. The zero-order chi connectivity index (χ0) is 18.8. The second-order valence-electron chi connectivity index (χ2n) is 6.25. The first-order chi connectivity index (χ1) is 13.8. The van der Waals surface area contributed by atoms with Gasteiger partial charge in [-0.1, -0.05) is 18.2 Å². The molecule has 5 rings (SSSR count). The predicted molar refractivity (Wildman–Crippen MR) is 108 cm³/mol. The van der Waals surface area contributed by atoms with Crippen LogP contribution in [0.1, 0.15) is 0 Å². The molecule has 0 saturated heterocycles. The smallest absolute Gasteiger partial charge is 0.229 e. The maximum Gasteiger partial charge on any atom is 0.229 e. The lowest BCUT2D eigenvalue weighted by Gasteiger charge is -2.19. The van der Waals surface area contributed by atoms with E-state index in [9.17, 15) is 0 Å². The van der Waals surface area contributed by atoms with Crippen LogP contribution in [0.15, 0.2) is 67.0 Å². The summed E-state index contributed by atoms with van der Waals surface area (Å²) >= 11 is 0. The Kier molecular flexibility index (Phi) is 4.10. The van der Waals surface area contributed by atoms with Gasteiger partial charge in [0.1, 0.15) is 19.0 Å². The van der Waals surface area contributed by atoms with Crippen LogP contribution in [0.5, 0.6) is 11.5 Å². The van der Waals surface area contributed by atoms with Crippen LogP contribution in [-0.4, -0.2) is 28.2 Å². The van der Waals surface area contributed by atoms with Crippen LogP contribution in [0, 0.1) is 0 Å². The molecule has 138 valence electrons. The van der Waals surface area contributed by atoms with Crippen molar-refractivity contribution in [3.8, 4) is 11.5 Å². The number of hydrogen-bond acceptors (Lipinski definition) is 7. The summed E-state index contributed by atoms with van der Waals surface area (Å²) in [5, 5.41) is 7.59. The van der Waals surface area contributed by atoms with Gasteiger partial charge in [0.2, 0.25) is 5.95 Å².